The van der Waals surface area contributed by atoms with Crippen LogP contribution in [0.15, 0.2) is 48.5 Å². The summed E-state index contributed by atoms with van der Waals surface area (Å²) in [5.41, 5.74) is 2.19. The molecule has 0 aliphatic carbocycles. The number of para-hydroxylation sites is 2. The standard InChI is InChI=1S/C23H24N4O3/c1-23(15-16-7-2-3-8-17(16)20(28)30-23)21(29)26-11-6-12-27(14-13-26)22-24-18-9-4-5-10-19(18)25-22/h2-5,7-10H,6,11-15H2,1H3,(H,24,25). The van der Waals surface area contributed by atoms with E-state index in [1.165, 1.54) is 0 Å². The van der Waals surface area contributed by atoms with E-state index in [1.54, 1.807) is 13.0 Å². The molecule has 2 aliphatic rings. The summed E-state index contributed by atoms with van der Waals surface area (Å²) in [5.74, 6) is 0.276. The molecule has 5 rings (SSSR count). The summed E-state index contributed by atoms with van der Waals surface area (Å²) in [4.78, 5) is 37.9. The number of ether oxygens (including phenoxy) is 1. The second-order valence-corrected chi connectivity index (χ2v) is 8.16. The van der Waals surface area contributed by atoms with E-state index in [0.29, 0.717) is 31.6 Å². The van der Waals surface area contributed by atoms with Crippen LogP contribution in [0.2, 0.25) is 0 Å². The predicted molar refractivity (Wildman–Crippen MR) is 113 cm³/mol. The van der Waals surface area contributed by atoms with E-state index >= 15 is 0 Å². The molecule has 3 heterocycles. The quantitative estimate of drug-likeness (QED) is 0.665. The van der Waals surface area contributed by atoms with Crippen LogP contribution in [0.4, 0.5) is 5.95 Å². The first-order valence-corrected chi connectivity index (χ1v) is 10.3. The number of fused-ring (bicyclic) bond motifs is 2. The Labute approximate surface area is 174 Å². The highest BCUT2D eigenvalue weighted by Gasteiger charge is 2.45. The molecule has 1 atom stereocenters. The number of benzene rings is 2. The van der Waals surface area contributed by atoms with Gasteiger partial charge in [-0.15, -0.1) is 0 Å². The Bertz CT molecular complexity index is 1090. The van der Waals surface area contributed by atoms with Crippen LogP contribution in [0.5, 0.6) is 0 Å². The fourth-order valence-electron chi connectivity index (χ4n) is 4.41. The first-order valence-electron chi connectivity index (χ1n) is 10.3. The lowest BCUT2D eigenvalue weighted by Gasteiger charge is -2.36. The summed E-state index contributed by atoms with van der Waals surface area (Å²) in [7, 11) is 0. The molecule has 0 radical (unpaired) electrons. The molecule has 0 saturated carbocycles. The van der Waals surface area contributed by atoms with Crippen molar-refractivity contribution in [2.75, 3.05) is 31.1 Å². The zero-order valence-electron chi connectivity index (χ0n) is 16.9. The van der Waals surface area contributed by atoms with E-state index < -0.39 is 11.6 Å². The molecule has 30 heavy (non-hydrogen) atoms. The highest BCUT2D eigenvalue weighted by Crippen LogP contribution is 2.30. The second kappa shape index (κ2) is 7.16. The molecule has 7 heteroatoms. The van der Waals surface area contributed by atoms with Crippen LogP contribution in [0.25, 0.3) is 11.0 Å². The van der Waals surface area contributed by atoms with Crippen molar-refractivity contribution in [2.24, 2.45) is 0 Å². The smallest absolute Gasteiger partial charge is 0.339 e. The maximum Gasteiger partial charge on any atom is 0.339 e. The summed E-state index contributed by atoms with van der Waals surface area (Å²) in [6, 6.07) is 15.3. The Morgan fingerprint density at radius 1 is 1.07 bits per heavy atom. The van der Waals surface area contributed by atoms with Gasteiger partial charge in [-0.25, -0.2) is 9.78 Å². The van der Waals surface area contributed by atoms with Gasteiger partial charge in [-0.05, 0) is 37.1 Å². The number of anilines is 1. The van der Waals surface area contributed by atoms with Gasteiger partial charge in [0.1, 0.15) is 0 Å². The molecule has 1 amide bonds. The average Bonchev–Trinajstić information content (AvgIpc) is 3.03. The molecule has 1 saturated heterocycles. The van der Waals surface area contributed by atoms with E-state index in [4.69, 9.17) is 4.74 Å². The van der Waals surface area contributed by atoms with Crippen LogP contribution >= 0.6 is 0 Å². The number of esters is 1. The minimum Gasteiger partial charge on any atom is -0.445 e. The van der Waals surface area contributed by atoms with Crippen LogP contribution in [-0.2, 0) is 16.0 Å². The van der Waals surface area contributed by atoms with Gasteiger partial charge in [0.25, 0.3) is 5.91 Å². The molecule has 7 nitrogen and oxygen atoms in total. The van der Waals surface area contributed by atoms with Crippen molar-refractivity contribution in [3.8, 4) is 0 Å². The molecule has 1 fully saturated rings. The molecule has 154 valence electrons. The monoisotopic (exact) mass is 404 g/mol. The minimum atomic E-state index is -1.17. The number of cyclic esters (lactones) is 1. The molecule has 1 N–H and O–H groups in total. The van der Waals surface area contributed by atoms with Crippen molar-refractivity contribution in [1.82, 2.24) is 14.9 Å². The number of H-pyrrole nitrogens is 1. The van der Waals surface area contributed by atoms with Crippen LogP contribution in [-0.4, -0.2) is 58.5 Å². The normalized spacial score (nSPS) is 21.8. The number of aromatic nitrogens is 2. The van der Waals surface area contributed by atoms with Crippen molar-refractivity contribution < 1.29 is 14.3 Å². The lowest BCUT2D eigenvalue weighted by Crippen LogP contribution is -2.53. The van der Waals surface area contributed by atoms with Gasteiger partial charge in [0.15, 0.2) is 5.60 Å². The molecular formula is C23H24N4O3. The SMILES string of the molecule is CC1(C(=O)N2CCCN(c3nc4ccccc4[nH]3)CC2)Cc2ccccc2C(=O)O1. The highest BCUT2D eigenvalue weighted by molar-refractivity contribution is 5.97. The van der Waals surface area contributed by atoms with Gasteiger partial charge >= 0.3 is 5.97 Å². The fraction of sp³-hybridized carbons (Fsp3) is 0.348. The Kier molecular flexibility index (Phi) is 4.46. The summed E-state index contributed by atoms with van der Waals surface area (Å²) >= 11 is 0. The van der Waals surface area contributed by atoms with Gasteiger partial charge in [0, 0.05) is 32.6 Å². The summed E-state index contributed by atoms with van der Waals surface area (Å²) in [6.45, 7) is 4.40. The number of aromatic amines is 1. The first kappa shape index (κ1) is 18.7. The third kappa shape index (κ3) is 3.20. The molecule has 2 aliphatic heterocycles. The van der Waals surface area contributed by atoms with Gasteiger partial charge in [0.2, 0.25) is 5.95 Å². The number of nitrogens with zero attached hydrogens (tertiary/aromatic N) is 3. The molecule has 1 unspecified atom stereocenters. The van der Waals surface area contributed by atoms with E-state index in [2.05, 4.69) is 14.9 Å². The molecule has 0 bridgehead atoms. The molecule has 3 aromatic rings. The van der Waals surface area contributed by atoms with E-state index in [-0.39, 0.29) is 5.91 Å². The fourth-order valence-corrected chi connectivity index (χ4v) is 4.41. The number of rotatable bonds is 2. The van der Waals surface area contributed by atoms with Crippen LogP contribution in [0.3, 0.4) is 0 Å². The number of hydrogen-bond acceptors (Lipinski definition) is 5. The molecule has 1 aromatic heterocycles. The maximum absolute atomic E-state index is 13.4. The zero-order chi connectivity index (χ0) is 20.7. The van der Waals surface area contributed by atoms with Gasteiger partial charge in [-0.3, -0.25) is 4.79 Å². The third-order valence-electron chi connectivity index (χ3n) is 5.99. The van der Waals surface area contributed by atoms with E-state index in [0.717, 1.165) is 35.5 Å². The number of amides is 1. The lowest BCUT2D eigenvalue weighted by molar-refractivity contribution is -0.150. The van der Waals surface area contributed by atoms with Crippen LogP contribution in [0, 0.1) is 0 Å². The number of hydrogen-bond donors (Lipinski definition) is 1. The third-order valence-corrected chi connectivity index (χ3v) is 5.99. The van der Waals surface area contributed by atoms with Crippen molar-refractivity contribution in [3.05, 3.63) is 59.7 Å². The zero-order valence-corrected chi connectivity index (χ0v) is 16.9. The number of nitrogens with one attached hydrogen (secondary N) is 1. The number of imidazole rings is 1. The van der Waals surface area contributed by atoms with Crippen molar-refractivity contribution in [1.29, 1.82) is 0 Å². The summed E-state index contributed by atoms with van der Waals surface area (Å²) < 4.78 is 5.65. The molecular weight excluding hydrogens is 380 g/mol. The van der Waals surface area contributed by atoms with Gasteiger partial charge in [-0.1, -0.05) is 30.3 Å². The Morgan fingerprint density at radius 3 is 2.73 bits per heavy atom. The summed E-state index contributed by atoms with van der Waals surface area (Å²) in [6.07, 6.45) is 1.22. The number of carbonyl (C=O) groups excluding carboxylic acids is 2. The maximum atomic E-state index is 13.4. The van der Waals surface area contributed by atoms with E-state index in [1.807, 2.05) is 47.4 Å². The van der Waals surface area contributed by atoms with E-state index in [9.17, 15) is 9.59 Å². The Balaban J connectivity index is 1.32. The molecule has 0 spiro atoms. The van der Waals surface area contributed by atoms with Crippen LogP contribution in [0.1, 0.15) is 29.3 Å². The Hall–Kier alpha value is -3.35. The molecule has 2 aromatic carbocycles. The van der Waals surface area contributed by atoms with Gasteiger partial charge in [-0.2, -0.15) is 0 Å². The van der Waals surface area contributed by atoms with Crippen molar-refractivity contribution >= 4 is 28.9 Å². The van der Waals surface area contributed by atoms with Crippen molar-refractivity contribution in [3.63, 3.8) is 0 Å². The second-order valence-electron chi connectivity index (χ2n) is 8.16. The largest absolute Gasteiger partial charge is 0.445 e. The Morgan fingerprint density at radius 2 is 1.87 bits per heavy atom. The van der Waals surface area contributed by atoms with Gasteiger partial charge < -0.3 is 19.5 Å². The topological polar surface area (TPSA) is 78.5 Å². The highest BCUT2D eigenvalue weighted by atomic mass is 16.6. The average molecular weight is 404 g/mol. The number of carbonyl (C=O) groups is 2. The minimum absolute atomic E-state index is 0.128. The lowest BCUT2D eigenvalue weighted by atomic mass is 9.89. The van der Waals surface area contributed by atoms with Gasteiger partial charge in [0.05, 0.1) is 16.6 Å². The predicted octanol–water partition coefficient (Wildman–Crippen LogP) is 2.77. The first-order chi connectivity index (χ1) is 14.5. The summed E-state index contributed by atoms with van der Waals surface area (Å²) in [5, 5.41) is 0. The van der Waals surface area contributed by atoms with Crippen LogP contribution < -0.4 is 4.90 Å². The van der Waals surface area contributed by atoms with Crippen molar-refractivity contribution in [2.45, 2.75) is 25.4 Å².